The summed E-state index contributed by atoms with van der Waals surface area (Å²) in [6, 6.07) is 0. The molecule has 0 aromatic carbocycles. The van der Waals surface area contributed by atoms with Crippen LogP contribution in [0.25, 0.3) is 0 Å². The Labute approximate surface area is 127 Å². The molecule has 1 rings (SSSR count). The number of nitrogens with one attached hydrogen (secondary N) is 1. The van der Waals surface area contributed by atoms with Gasteiger partial charge in [-0.2, -0.15) is 0 Å². The summed E-state index contributed by atoms with van der Waals surface area (Å²) >= 11 is 0. The lowest BCUT2D eigenvalue weighted by molar-refractivity contribution is -0.154. The van der Waals surface area contributed by atoms with E-state index in [1.807, 2.05) is 0 Å². The SMILES string of the molecule is COCCC(C)(C)CNC(=O)CC1(C(=O)O)CCCCC1. The maximum Gasteiger partial charge on any atom is 0.310 e. The number of methoxy groups -OCH3 is 1. The molecule has 1 aliphatic carbocycles. The van der Waals surface area contributed by atoms with Crippen LogP contribution >= 0.6 is 0 Å². The molecule has 0 unspecified atom stereocenters. The van der Waals surface area contributed by atoms with E-state index >= 15 is 0 Å². The Hall–Kier alpha value is -1.10. The molecule has 5 nitrogen and oxygen atoms in total. The van der Waals surface area contributed by atoms with Crippen molar-refractivity contribution < 1.29 is 19.4 Å². The summed E-state index contributed by atoms with van der Waals surface area (Å²) in [5.74, 6) is -0.971. The lowest BCUT2D eigenvalue weighted by Gasteiger charge is -2.33. The van der Waals surface area contributed by atoms with Crippen LogP contribution in [0.15, 0.2) is 0 Å². The quantitative estimate of drug-likeness (QED) is 0.722. The van der Waals surface area contributed by atoms with E-state index in [0.29, 0.717) is 26.0 Å². The Morgan fingerprint density at radius 2 is 1.86 bits per heavy atom. The van der Waals surface area contributed by atoms with Crippen molar-refractivity contribution in [1.29, 1.82) is 0 Å². The fourth-order valence-corrected chi connectivity index (χ4v) is 2.87. The number of hydrogen-bond donors (Lipinski definition) is 2. The number of carboxylic acid groups (broad SMARTS) is 1. The minimum atomic E-state index is -0.848. The van der Waals surface area contributed by atoms with Crippen LogP contribution in [-0.2, 0) is 14.3 Å². The van der Waals surface area contributed by atoms with Crippen LogP contribution in [0, 0.1) is 10.8 Å². The molecule has 0 bridgehead atoms. The minimum absolute atomic E-state index is 0.0470. The first-order chi connectivity index (χ1) is 9.81. The van der Waals surface area contributed by atoms with Gasteiger partial charge >= 0.3 is 5.97 Å². The van der Waals surface area contributed by atoms with Crippen LogP contribution in [0.2, 0.25) is 0 Å². The van der Waals surface area contributed by atoms with E-state index in [9.17, 15) is 14.7 Å². The molecule has 0 atom stereocenters. The number of carbonyl (C=O) groups is 2. The summed E-state index contributed by atoms with van der Waals surface area (Å²) in [5.41, 5.74) is -0.895. The van der Waals surface area contributed by atoms with Gasteiger partial charge in [0.25, 0.3) is 0 Å². The van der Waals surface area contributed by atoms with Gasteiger partial charge in [-0.25, -0.2) is 0 Å². The second kappa shape index (κ2) is 7.78. The van der Waals surface area contributed by atoms with Gasteiger partial charge in [0.15, 0.2) is 0 Å². The molecule has 1 aliphatic rings. The van der Waals surface area contributed by atoms with E-state index in [-0.39, 0.29) is 17.7 Å². The van der Waals surface area contributed by atoms with E-state index in [1.165, 1.54) is 0 Å². The van der Waals surface area contributed by atoms with Gasteiger partial charge in [-0.1, -0.05) is 33.1 Å². The Kier molecular flexibility index (Phi) is 6.65. The first-order valence-electron chi connectivity index (χ1n) is 7.80. The molecule has 0 radical (unpaired) electrons. The van der Waals surface area contributed by atoms with Crippen LogP contribution in [0.3, 0.4) is 0 Å². The summed E-state index contributed by atoms with van der Waals surface area (Å²) in [6.45, 7) is 5.34. The summed E-state index contributed by atoms with van der Waals surface area (Å²) in [4.78, 5) is 23.7. The highest BCUT2D eigenvalue weighted by Gasteiger charge is 2.41. The monoisotopic (exact) mass is 299 g/mol. The number of amides is 1. The molecular weight excluding hydrogens is 270 g/mol. The third-order valence-electron chi connectivity index (χ3n) is 4.51. The van der Waals surface area contributed by atoms with Crippen molar-refractivity contribution in [3.8, 4) is 0 Å². The van der Waals surface area contributed by atoms with Crippen molar-refractivity contribution in [2.45, 2.75) is 58.8 Å². The van der Waals surface area contributed by atoms with E-state index in [1.54, 1.807) is 7.11 Å². The average Bonchev–Trinajstić information content (AvgIpc) is 2.44. The second-order valence-corrected chi connectivity index (χ2v) is 7.01. The van der Waals surface area contributed by atoms with Crippen molar-refractivity contribution >= 4 is 11.9 Å². The van der Waals surface area contributed by atoms with Gasteiger partial charge in [0, 0.05) is 26.7 Å². The predicted molar refractivity (Wildman–Crippen MR) is 81.1 cm³/mol. The molecule has 1 amide bonds. The number of aliphatic carboxylic acids is 1. The maximum atomic E-state index is 12.1. The Bertz CT molecular complexity index is 359. The molecule has 1 saturated carbocycles. The molecule has 0 spiro atoms. The number of hydrogen-bond acceptors (Lipinski definition) is 3. The molecule has 122 valence electrons. The summed E-state index contributed by atoms with van der Waals surface area (Å²) < 4.78 is 5.06. The van der Waals surface area contributed by atoms with Gasteiger partial charge in [0.2, 0.25) is 5.91 Å². The first-order valence-corrected chi connectivity index (χ1v) is 7.80. The molecule has 0 heterocycles. The van der Waals surface area contributed by atoms with E-state index in [2.05, 4.69) is 19.2 Å². The molecule has 0 aromatic rings. The predicted octanol–water partition coefficient (Wildman–Crippen LogP) is 2.59. The zero-order valence-corrected chi connectivity index (χ0v) is 13.5. The third kappa shape index (κ3) is 5.65. The fraction of sp³-hybridized carbons (Fsp3) is 0.875. The largest absolute Gasteiger partial charge is 0.481 e. The second-order valence-electron chi connectivity index (χ2n) is 7.01. The van der Waals surface area contributed by atoms with Gasteiger partial charge in [-0.3, -0.25) is 9.59 Å². The van der Waals surface area contributed by atoms with Gasteiger partial charge in [0.05, 0.1) is 5.41 Å². The zero-order valence-electron chi connectivity index (χ0n) is 13.5. The lowest BCUT2D eigenvalue weighted by atomic mass is 9.71. The molecule has 1 fully saturated rings. The van der Waals surface area contributed by atoms with Crippen molar-refractivity contribution in [3.05, 3.63) is 0 Å². The zero-order chi connectivity index (χ0) is 15.9. The van der Waals surface area contributed by atoms with E-state index in [0.717, 1.165) is 25.7 Å². The van der Waals surface area contributed by atoms with Gasteiger partial charge < -0.3 is 15.2 Å². The van der Waals surface area contributed by atoms with Crippen LogP contribution in [0.1, 0.15) is 58.8 Å². The van der Waals surface area contributed by atoms with Crippen LogP contribution in [0.4, 0.5) is 0 Å². The summed E-state index contributed by atoms with van der Waals surface area (Å²) in [6.07, 6.45) is 5.06. The van der Waals surface area contributed by atoms with Crippen molar-refractivity contribution in [3.63, 3.8) is 0 Å². The highest BCUT2D eigenvalue weighted by atomic mass is 16.5. The van der Waals surface area contributed by atoms with Crippen molar-refractivity contribution in [2.75, 3.05) is 20.3 Å². The van der Waals surface area contributed by atoms with Crippen LogP contribution in [0.5, 0.6) is 0 Å². The highest BCUT2D eigenvalue weighted by molar-refractivity contribution is 5.85. The Morgan fingerprint density at radius 3 is 2.38 bits per heavy atom. The molecule has 0 saturated heterocycles. The lowest BCUT2D eigenvalue weighted by Crippen LogP contribution is -2.41. The number of carbonyl (C=O) groups excluding carboxylic acids is 1. The first kappa shape index (κ1) is 18.0. The van der Waals surface area contributed by atoms with E-state index in [4.69, 9.17) is 4.74 Å². The van der Waals surface area contributed by atoms with Crippen LogP contribution in [-0.4, -0.2) is 37.2 Å². The maximum absolute atomic E-state index is 12.1. The number of carboxylic acids is 1. The molecule has 2 N–H and O–H groups in total. The summed E-state index contributed by atoms with van der Waals surface area (Å²) in [7, 11) is 1.66. The standard InChI is InChI=1S/C16H29NO4/c1-15(2,9-10-21-3)12-17-13(18)11-16(14(19)20)7-5-4-6-8-16/h4-12H2,1-3H3,(H,17,18)(H,19,20). The van der Waals surface area contributed by atoms with Crippen molar-refractivity contribution in [2.24, 2.45) is 10.8 Å². The van der Waals surface area contributed by atoms with Crippen molar-refractivity contribution in [1.82, 2.24) is 5.32 Å². The molecule has 5 heteroatoms. The fourth-order valence-electron chi connectivity index (χ4n) is 2.87. The normalized spacial score (nSPS) is 18.2. The minimum Gasteiger partial charge on any atom is -0.481 e. The average molecular weight is 299 g/mol. The Balaban J connectivity index is 2.49. The molecular formula is C16H29NO4. The summed E-state index contributed by atoms with van der Waals surface area (Å²) in [5, 5.41) is 12.4. The van der Waals surface area contributed by atoms with Crippen LogP contribution < -0.4 is 5.32 Å². The Morgan fingerprint density at radius 1 is 1.24 bits per heavy atom. The smallest absolute Gasteiger partial charge is 0.310 e. The van der Waals surface area contributed by atoms with E-state index < -0.39 is 11.4 Å². The third-order valence-corrected chi connectivity index (χ3v) is 4.51. The van der Waals surface area contributed by atoms with Gasteiger partial charge in [-0.05, 0) is 24.7 Å². The molecule has 0 aliphatic heterocycles. The topological polar surface area (TPSA) is 75.6 Å². The number of ether oxygens (including phenoxy) is 1. The number of rotatable bonds is 8. The molecule has 0 aromatic heterocycles. The van der Waals surface area contributed by atoms with Gasteiger partial charge in [0.1, 0.15) is 0 Å². The van der Waals surface area contributed by atoms with Gasteiger partial charge in [-0.15, -0.1) is 0 Å². The highest BCUT2D eigenvalue weighted by Crippen LogP contribution is 2.39. The molecule has 21 heavy (non-hydrogen) atoms.